The molecule has 0 fully saturated rings. The van der Waals surface area contributed by atoms with Gasteiger partial charge in [-0.15, -0.1) is 11.3 Å². The molecule has 0 saturated heterocycles. The Morgan fingerprint density at radius 1 is 1.14 bits per heavy atom. The topological polar surface area (TPSA) is 99.1 Å². The third-order valence-electron chi connectivity index (χ3n) is 2.71. The van der Waals surface area contributed by atoms with E-state index in [1.54, 1.807) is 17.4 Å². The van der Waals surface area contributed by atoms with Gasteiger partial charge in [-0.05, 0) is 30.3 Å². The van der Waals surface area contributed by atoms with Crippen LogP contribution < -0.4 is 10.9 Å². The predicted molar refractivity (Wildman–Crippen MR) is 86.0 cm³/mol. The molecule has 0 unspecified atom stereocenters. The van der Waals surface area contributed by atoms with Gasteiger partial charge in [0.15, 0.2) is 4.34 Å². The molecule has 3 aromatic rings. The summed E-state index contributed by atoms with van der Waals surface area (Å²) < 4.78 is 24.8. The van der Waals surface area contributed by atoms with Crippen molar-refractivity contribution >= 4 is 49.0 Å². The Morgan fingerprint density at radius 3 is 2.62 bits per heavy atom. The SMILES string of the molecule is Nc1cc(Sc2nc3ccccc3s2)cc(S(N)(=O)=O)c1. The standard InChI is InChI=1S/C13H11N3O2S3/c14-8-5-9(7-10(6-8)21(15,17)18)19-13-16-11-3-1-2-4-12(11)20-13/h1-7H,14H2,(H2,15,17,18). The molecule has 1 aromatic heterocycles. The van der Waals surface area contributed by atoms with E-state index in [0.717, 1.165) is 14.6 Å². The van der Waals surface area contributed by atoms with Gasteiger partial charge in [-0.2, -0.15) is 0 Å². The minimum Gasteiger partial charge on any atom is -0.399 e. The average Bonchev–Trinajstić information content (AvgIpc) is 2.79. The Morgan fingerprint density at radius 2 is 1.90 bits per heavy atom. The Bertz CT molecular complexity index is 886. The Hall–Kier alpha value is -1.61. The summed E-state index contributed by atoms with van der Waals surface area (Å²) >= 11 is 2.91. The molecule has 2 aromatic carbocycles. The van der Waals surface area contributed by atoms with E-state index in [1.807, 2.05) is 24.3 Å². The van der Waals surface area contributed by atoms with Crippen LogP contribution in [0.1, 0.15) is 0 Å². The number of nitrogen functional groups attached to an aromatic ring is 1. The Balaban J connectivity index is 1.99. The monoisotopic (exact) mass is 337 g/mol. The molecule has 0 saturated carbocycles. The number of hydrogen-bond donors (Lipinski definition) is 2. The van der Waals surface area contributed by atoms with E-state index in [0.29, 0.717) is 10.6 Å². The molecule has 8 heteroatoms. The highest BCUT2D eigenvalue weighted by Gasteiger charge is 2.12. The number of para-hydroxylation sites is 1. The lowest BCUT2D eigenvalue weighted by atomic mass is 10.3. The van der Waals surface area contributed by atoms with Crippen molar-refractivity contribution in [1.82, 2.24) is 4.98 Å². The quantitative estimate of drug-likeness (QED) is 0.716. The summed E-state index contributed by atoms with van der Waals surface area (Å²) in [7, 11) is -3.78. The molecule has 0 amide bonds. The van der Waals surface area contributed by atoms with Crippen molar-refractivity contribution < 1.29 is 8.42 Å². The van der Waals surface area contributed by atoms with Gasteiger partial charge in [0.2, 0.25) is 10.0 Å². The second-order valence-corrected chi connectivity index (χ2v) is 8.25. The first kappa shape index (κ1) is 14.3. The van der Waals surface area contributed by atoms with E-state index in [4.69, 9.17) is 10.9 Å². The van der Waals surface area contributed by atoms with E-state index >= 15 is 0 Å². The zero-order chi connectivity index (χ0) is 15.0. The molecule has 0 bridgehead atoms. The summed E-state index contributed by atoms with van der Waals surface area (Å²) in [5.74, 6) is 0. The van der Waals surface area contributed by atoms with Crippen LogP contribution in [0, 0.1) is 0 Å². The molecule has 0 aliphatic heterocycles. The van der Waals surface area contributed by atoms with Gasteiger partial charge in [0.05, 0.1) is 15.1 Å². The van der Waals surface area contributed by atoms with Crippen LogP contribution in [-0.2, 0) is 10.0 Å². The fourth-order valence-electron chi connectivity index (χ4n) is 1.81. The summed E-state index contributed by atoms with van der Waals surface area (Å²) in [6.07, 6.45) is 0. The van der Waals surface area contributed by atoms with Crippen molar-refractivity contribution in [2.45, 2.75) is 14.1 Å². The molecule has 1 heterocycles. The van der Waals surface area contributed by atoms with Crippen molar-refractivity contribution in [3.8, 4) is 0 Å². The summed E-state index contributed by atoms with van der Waals surface area (Å²) in [5, 5.41) is 5.14. The molecule has 0 aliphatic rings. The first-order chi connectivity index (χ1) is 9.91. The van der Waals surface area contributed by atoms with Gasteiger partial charge in [-0.1, -0.05) is 23.9 Å². The number of nitrogens with zero attached hydrogens (tertiary/aromatic N) is 1. The number of fused-ring (bicyclic) bond motifs is 1. The number of nitrogens with two attached hydrogens (primary N) is 2. The minimum atomic E-state index is -3.78. The zero-order valence-corrected chi connectivity index (χ0v) is 13.1. The van der Waals surface area contributed by atoms with Gasteiger partial charge >= 0.3 is 0 Å². The Kier molecular flexibility index (Phi) is 3.62. The minimum absolute atomic E-state index is 0.00566. The van der Waals surface area contributed by atoms with E-state index in [1.165, 1.54) is 23.9 Å². The van der Waals surface area contributed by atoms with Crippen molar-refractivity contribution in [3.05, 3.63) is 42.5 Å². The van der Waals surface area contributed by atoms with Crippen LogP contribution in [-0.4, -0.2) is 13.4 Å². The van der Waals surface area contributed by atoms with Crippen LogP contribution >= 0.6 is 23.1 Å². The molecule has 4 N–H and O–H groups in total. The van der Waals surface area contributed by atoms with Crippen molar-refractivity contribution in [1.29, 1.82) is 0 Å². The van der Waals surface area contributed by atoms with Gasteiger partial charge in [0.1, 0.15) is 0 Å². The highest BCUT2D eigenvalue weighted by atomic mass is 32.2. The number of aromatic nitrogens is 1. The smallest absolute Gasteiger partial charge is 0.238 e. The second-order valence-electron chi connectivity index (χ2n) is 4.33. The molecule has 3 rings (SSSR count). The summed E-state index contributed by atoms with van der Waals surface area (Å²) in [6, 6.07) is 12.4. The van der Waals surface area contributed by atoms with Gasteiger partial charge in [0.25, 0.3) is 0 Å². The van der Waals surface area contributed by atoms with Crippen LogP contribution in [0.5, 0.6) is 0 Å². The van der Waals surface area contributed by atoms with Gasteiger partial charge in [0, 0.05) is 10.6 Å². The number of rotatable bonds is 3. The lowest BCUT2D eigenvalue weighted by Gasteiger charge is -2.04. The molecule has 0 spiro atoms. The largest absolute Gasteiger partial charge is 0.399 e. The van der Waals surface area contributed by atoms with E-state index in [-0.39, 0.29) is 4.90 Å². The molecule has 0 atom stereocenters. The molecule has 0 radical (unpaired) electrons. The van der Waals surface area contributed by atoms with Crippen molar-refractivity contribution in [2.24, 2.45) is 5.14 Å². The van der Waals surface area contributed by atoms with Crippen molar-refractivity contribution in [2.75, 3.05) is 5.73 Å². The maximum absolute atomic E-state index is 11.4. The van der Waals surface area contributed by atoms with Gasteiger partial charge < -0.3 is 5.73 Å². The average molecular weight is 337 g/mol. The summed E-state index contributed by atoms with van der Waals surface area (Å²) in [5.41, 5.74) is 7.00. The molecule has 21 heavy (non-hydrogen) atoms. The maximum atomic E-state index is 11.4. The lowest BCUT2D eigenvalue weighted by molar-refractivity contribution is 0.597. The van der Waals surface area contributed by atoms with Crippen LogP contribution in [0.25, 0.3) is 10.2 Å². The fraction of sp³-hybridized carbons (Fsp3) is 0. The second kappa shape index (κ2) is 5.30. The number of benzene rings is 2. The van der Waals surface area contributed by atoms with Gasteiger partial charge in [-0.25, -0.2) is 18.5 Å². The number of anilines is 1. The normalized spacial score (nSPS) is 11.9. The summed E-state index contributed by atoms with van der Waals surface area (Å²) in [6.45, 7) is 0. The van der Waals surface area contributed by atoms with E-state index in [2.05, 4.69) is 4.98 Å². The third kappa shape index (κ3) is 3.18. The number of primary sulfonamides is 1. The van der Waals surface area contributed by atoms with Crippen LogP contribution in [0.15, 0.2) is 56.6 Å². The highest BCUT2D eigenvalue weighted by Crippen LogP contribution is 2.35. The molecule has 5 nitrogen and oxygen atoms in total. The molecular weight excluding hydrogens is 326 g/mol. The fourth-order valence-corrected chi connectivity index (χ4v) is 4.63. The zero-order valence-electron chi connectivity index (χ0n) is 10.7. The van der Waals surface area contributed by atoms with Crippen LogP contribution in [0.3, 0.4) is 0 Å². The lowest BCUT2D eigenvalue weighted by Crippen LogP contribution is -2.12. The number of hydrogen-bond acceptors (Lipinski definition) is 6. The van der Waals surface area contributed by atoms with Crippen molar-refractivity contribution in [3.63, 3.8) is 0 Å². The third-order valence-corrected chi connectivity index (χ3v) is 5.67. The first-order valence-corrected chi connectivity index (χ1v) is 9.06. The number of thiazole rings is 1. The van der Waals surface area contributed by atoms with Crippen LogP contribution in [0.4, 0.5) is 5.69 Å². The van der Waals surface area contributed by atoms with E-state index in [9.17, 15) is 8.42 Å². The van der Waals surface area contributed by atoms with Crippen LogP contribution in [0.2, 0.25) is 0 Å². The number of sulfonamides is 1. The van der Waals surface area contributed by atoms with E-state index < -0.39 is 10.0 Å². The predicted octanol–water partition coefficient (Wildman–Crippen LogP) is 2.68. The Labute approximate surface area is 130 Å². The maximum Gasteiger partial charge on any atom is 0.238 e. The summed E-state index contributed by atoms with van der Waals surface area (Å²) in [4.78, 5) is 5.19. The molecule has 0 aliphatic carbocycles. The first-order valence-electron chi connectivity index (χ1n) is 5.88. The molecular formula is C13H11N3O2S3. The highest BCUT2D eigenvalue weighted by molar-refractivity contribution is 8.01. The van der Waals surface area contributed by atoms with Gasteiger partial charge in [-0.3, -0.25) is 0 Å². The molecule has 108 valence electrons.